The zero-order chi connectivity index (χ0) is 12.3. The van der Waals surface area contributed by atoms with Crippen molar-refractivity contribution in [3.05, 3.63) is 28.0 Å². The third kappa shape index (κ3) is 2.68. The molecule has 1 rings (SSSR count). The highest BCUT2D eigenvalue weighted by atomic mass is 79.9. The van der Waals surface area contributed by atoms with E-state index in [1.54, 1.807) is 0 Å². The summed E-state index contributed by atoms with van der Waals surface area (Å²) in [5.74, 6) is -0.718. The molecule has 1 heterocycles. The smallest absolute Gasteiger partial charge is 0.356 e. The van der Waals surface area contributed by atoms with Crippen LogP contribution in [0, 0.1) is 0 Å². The first-order valence-electron chi connectivity index (χ1n) is 4.13. The van der Waals surface area contributed by atoms with Crippen LogP contribution in [0.5, 0.6) is 0 Å². The quantitative estimate of drug-likeness (QED) is 0.634. The molecule has 0 saturated carbocycles. The van der Waals surface area contributed by atoms with Crippen LogP contribution in [0.25, 0.3) is 0 Å². The lowest BCUT2D eigenvalue weighted by Crippen LogP contribution is -2.08. The highest BCUT2D eigenvalue weighted by molar-refractivity contribution is 9.08. The summed E-state index contributed by atoms with van der Waals surface area (Å²) < 4.78 is 29.7. The average molecular weight is 315 g/mol. The van der Waals surface area contributed by atoms with Gasteiger partial charge in [-0.3, -0.25) is 0 Å². The number of nitrogens with zero attached hydrogens (tertiary/aromatic N) is 1. The molecule has 88 valence electrons. The van der Waals surface area contributed by atoms with E-state index in [1.165, 1.54) is 7.11 Å². The van der Waals surface area contributed by atoms with Crippen LogP contribution in [0.4, 0.5) is 8.78 Å². The van der Waals surface area contributed by atoms with Gasteiger partial charge in [0, 0.05) is 5.33 Å². The van der Waals surface area contributed by atoms with Crippen molar-refractivity contribution in [3.63, 3.8) is 0 Å². The van der Waals surface area contributed by atoms with E-state index in [4.69, 9.17) is 11.6 Å². The number of methoxy groups -OCH3 is 1. The fourth-order valence-electron chi connectivity index (χ4n) is 1.11. The lowest BCUT2D eigenvalue weighted by molar-refractivity contribution is 0.0593. The molecule has 0 radical (unpaired) electrons. The maximum absolute atomic E-state index is 12.6. The maximum atomic E-state index is 12.6. The summed E-state index contributed by atoms with van der Waals surface area (Å²) in [5, 5.41) is -0.114. The molecule has 0 atom stereocenters. The molecule has 0 aliphatic carbocycles. The fourth-order valence-corrected chi connectivity index (χ4v) is 1.84. The number of alkyl halides is 3. The summed E-state index contributed by atoms with van der Waals surface area (Å²) in [6.07, 6.45) is -2.74. The Labute approximate surface area is 104 Å². The first-order chi connectivity index (χ1) is 7.51. The molecule has 0 N–H and O–H groups in total. The molecule has 0 fully saturated rings. The number of rotatable bonds is 3. The van der Waals surface area contributed by atoms with Gasteiger partial charge < -0.3 is 4.74 Å². The van der Waals surface area contributed by atoms with Crippen molar-refractivity contribution < 1.29 is 18.3 Å². The van der Waals surface area contributed by atoms with E-state index >= 15 is 0 Å². The first kappa shape index (κ1) is 13.3. The summed E-state index contributed by atoms with van der Waals surface area (Å²) >= 11 is 8.67. The van der Waals surface area contributed by atoms with E-state index in [9.17, 15) is 13.6 Å². The number of hydrogen-bond acceptors (Lipinski definition) is 3. The SMILES string of the molecule is COC(=O)c1cc(Cl)c(C(F)F)c(CBr)n1. The summed E-state index contributed by atoms with van der Waals surface area (Å²) in [6.45, 7) is 0. The molecule has 16 heavy (non-hydrogen) atoms. The predicted octanol–water partition coefficient (Wildman–Crippen LogP) is 3.35. The Morgan fingerprint density at radius 3 is 2.75 bits per heavy atom. The summed E-state index contributed by atoms with van der Waals surface area (Å²) in [6, 6.07) is 1.07. The summed E-state index contributed by atoms with van der Waals surface area (Å²) in [4.78, 5) is 14.9. The van der Waals surface area contributed by atoms with Crippen LogP contribution in [-0.2, 0) is 10.1 Å². The molecular weight excluding hydrogens is 307 g/mol. The van der Waals surface area contributed by atoms with Crippen LogP contribution in [0.3, 0.4) is 0 Å². The topological polar surface area (TPSA) is 39.2 Å². The van der Waals surface area contributed by atoms with Crippen LogP contribution >= 0.6 is 27.5 Å². The van der Waals surface area contributed by atoms with Crippen LogP contribution in [0.2, 0.25) is 5.02 Å². The average Bonchev–Trinajstić information content (AvgIpc) is 2.26. The third-order valence-electron chi connectivity index (χ3n) is 1.83. The van der Waals surface area contributed by atoms with E-state index in [2.05, 4.69) is 25.7 Å². The van der Waals surface area contributed by atoms with Crippen molar-refractivity contribution >= 4 is 33.5 Å². The zero-order valence-corrected chi connectivity index (χ0v) is 10.5. The van der Waals surface area contributed by atoms with Gasteiger partial charge in [0.1, 0.15) is 5.69 Å². The Morgan fingerprint density at radius 1 is 1.69 bits per heavy atom. The van der Waals surface area contributed by atoms with Crippen molar-refractivity contribution in [2.24, 2.45) is 0 Å². The number of carbonyl (C=O) groups is 1. The molecule has 1 aromatic rings. The van der Waals surface area contributed by atoms with Gasteiger partial charge in [0.2, 0.25) is 0 Å². The maximum Gasteiger partial charge on any atom is 0.356 e. The molecule has 0 saturated heterocycles. The van der Waals surface area contributed by atoms with Gasteiger partial charge in [-0.15, -0.1) is 0 Å². The van der Waals surface area contributed by atoms with E-state index in [0.29, 0.717) is 0 Å². The van der Waals surface area contributed by atoms with Crippen LogP contribution in [0.15, 0.2) is 6.07 Å². The van der Waals surface area contributed by atoms with Crippen molar-refractivity contribution in [3.8, 4) is 0 Å². The Balaban J connectivity index is 3.32. The first-order valence-corrected chi connectivity index (χ1v) is 5.63. The molecule has 0 bridgehead atoms. The molecule has 0 spiro atoms. The van der Waals surface area contributed by atoms with Gasteiger partial charge >= 0.3 is 5.97 Å². The fraction of sp³-hybridized carbons (Fsp3) is 0.333. The lowest BCUT2D eigenvalue weighted by atomic mass is 10.2. The molecule has 1 aromatic heterocycles. The molecule has 0 aliphatic rings. The number of carbonyl (C=O) groups excluding carboxylic acids is 1. The number of esters is 1. The second-order valence-electron chi connectivity index (χ2n) is 2.78. The van der Waals surface area contributed by atoms with Gasteiger partial charge in [0.15, 0.2) is 0 Å². The van der Waals surface area contributed by atoms with Gasteiger partial charge in [-0.25, -0.2) is 18.6 Å². The van der Waals surface area contributed by atoms with Gasteiger partial charge in [0.05, 0.1) is 23.4 Å². The number of hydrogen-bond donors (Lipinski definition) is 0. The Morgan fingerprint density at radius 2 is 2.31 bits per heavy atom. The van der Waals surface area contributed by atoms with Crippen molar-refractivity contribution in [2.45, 2.75) is 11.8 Å². The number of ether oxygens (including phenoxy) is 1. The molecule has 3 nitrogen and oxygen atoms in total. The number of aromatic nitrogens is 1. The minimum absolute atomic E-state index is 0.0305. The van der Waals surface area contributed by atoms with Gasteiger partial charge in [-0.05, 0) is 6.07 Å². The standard InChI is InChI=1S/C9H7BrClF2NO2/c1-16-9(15)5-2-4(11)7(8(12)13)6(3-10)14-5/h2,8H,3H2,1H3. The molecule has 7 heteroatoms. The molecule has 0 aromatic carbocycles. The van der Waals surface area contributed by atoms with E-state index in [0.717, 1.165) is 6.07 Å². The minimum atomic E-state index is -2.74. The van der Waals surface area contributed by atoms with Crippen LogP contribution in [-0.4, -0.2) is 18.1 Å². The molecule has 0 unspecified atom stereocenters. The lowest BCUT2D eigenvalue weighted by Gasteiger charge is -2.09. The molecule has 0 amide bonds. The zero-order valence-electron chi connectivity index (χ0n) is 8.14. The minimum Gasteiger partial charge on any atom is -0.464 e. The van der Waals surface area contributed by atoms with E-state index in [1.807, 2.05) is 0 Å². The molecular formula is C9H7BrClF2NO2. The van der Waals surface area contributed by atoms with E-state index in [-0.39, 0.29) is 27.3 Å². The molecule has 0 aliphatic heterocycles. The second kappa shape index (κ2) is 5.54. The van der Waals surface area contributed by atoms with Crippen molar-refractivity contribution in [1.82, 2.24) is 4.98 Å². The predicted molar refractivity (Wildman–Crippen MR) is 58.2 cm³/mol. The third-order valence-corrected chi connectivity index (χ3v) is 2.67. The second-order valence-corrected chi connectivity index (χ2v) is 3.74. The summed E-state index contributed by atoms with van der Waals surface area (Å²) in [7, 11) is 1.17. The van der Waals surface area contributed by atoms with E-state index < -0.39 is 12.4 Å². The van der Waals surface area contributed by atoms with Crippen LogP contribution < -0.4 is 0 Å². The highest BCUT2D eigenvalue weighted by Gasteiger charge is 2.21. The van der Waals surface area contributed by atoms with Gasteiger partial charge in [-0.2, -0.15) is 0 Å². The van der Waals surface area contributed by atoms with Crippen LogP contribution in [0.1, 0.15) is 28.2 Å². The highest BCUT2D eigenvalue weighted by Crippen LogP contribution is 2.31. The van der Waals surface area contributed by atoms with Gasteiger partial charge in [-0.1, -0.05) is 27.5 Å². The van der Waals surface area contributed by atoms with Crippen molar-refractivity contribution in [2.75, 3.05) is 7.11 Å². The monoisotopic (exact) mass is 313 g/mol. The van der Waals surface area contributed by atoms with Crippen molar-refractivity contribution in [1.29, 1.82) is 0 Å². The normalized spacial score (nSPS) is 10.6. The Bertz CT molecular complexity index is 415. The summed E-state index contributed by atoms with van der Waals surface area (Å²) in [5.41, 5.74) is -0.430. The number of pyridine rings is 1. The van der Waals surface area contributed by atoms with Gasteiger partial charge in [0.25, 0.3) is 6.43 Å². The Kier molecular flexibility index (Phi) is 4.61. The Hall–Kier alpha value is -0.750. The number of halogens is 4. The largest absolute Gasteiger partial charge is 0.464 e.